The number of benzene rings is 4. The van der Waals surface area contributed by atoms with Crippen LogP contribution in [-0.4, -0.2) is 32.5 Å². The summed E-state index contributed by atoms with van der Waals surface area (Å²) in [6, 6.07) is 30.9. The molecule has 0 saturated carbocycles. The van der Waals surface area contributed by atoms with Gasteiger partial charge < -0.3 is 19.1 Å². The summed E-state index contributed by atoms with van der Waals surface area (Å²) in [4.78, 5) is 8.13. The van der Waals surface area contributed by atoms with Crippen LogP contribution in [0.5, 0.6) is 11.5 Å². The summed E-state index contributed by atoms with van der Waals surface area (Å²) in [5.41, 5.74) is 11.6. The van der Waals surface area contributed by atoms with E-state index in [0.717, 1.165) is 45.2 Å². The van der Waals surface area contributed by atoms with Gasteiger partial charge in [0.25, 0.3) is 0 Å². The first-order valence-electron chi connectivity index (χ1n) is 20.1. The standard InChI is InChI=1S/C48H45N4O.Pt/c1-29(2)32-21-31(4)47-38(23-32)30(3)22-39-40(47)24-33(43-28-50(8)46-15-11-12-20-51(43)46)25-44(39)53-35-16-17-37-36-13-9-10-14-41(36)52(42(37)27-35)45-26-34(18-19-49-45)48(5,6)7;/h9-21,23-24,26,29-30,46H,22H2,1-8H3;/q-3;/i8D3;. The molecule has 2 aliphatic heterocycles. The summed E-state index contributed by atoms with van der Waals surface area (Å²) in [6.45, 7) is 13.2. The molecule has 2 unspecified atom stereocenters. The number of aromatic nitrogens is 2. The number of ether oxygens (including phenoxy) is 1. The van der Waals surface area contributed by atoms with Gasteiger partial charge in [-0.3, -0.25) is 5.56 Å². The molecular weight excluding hydrogens is 844 g/mol. The molecule has 2 atom stereocenters. The second-order valence-electron chi connectivity index (χ2n) is 16.0. The third-order valence-corrected chi connectivity index (χ3v) is 11.0. The van der Waals surface area contributed by atoms with Crippen molar-refractivity contribution in [3.05, 3.63) is 149 Å². The number of fused-ring (bicyclic) bond motifs is 7. The Morgan fingerprint density at radius 1 is 0.981 bits per heavy atom. The predicted molar refractivity (Wildman–Crippen MR) is 216 cm³/mol. The molecule has 4 aromatic carbocycles. The minimum absolute atomic E-state index is 0. The van der Waals surface area contributed by atoms with Crippen molar-refractivity contribution in [2.45, 2.75) is 78.3 Å². The van der Waals surface area contributed by atoms with Crippen molar-refractivity contribution in [1.82, 2.24) is 19.4 Å². The zero-order chi connectivity index (χ0) is 39.3. The van der Waals surface area contributed by atoms with E-state index < -0.39 is 13.1 Å². The smallest absolute Gasteiger partial charge is 0.135 e. The molecule has 0 saturated heterocycles. The molecule has 6 heteroatoms. The second kappa shape index (κ2) is 13.5. The Morgan fingerprint density at radius 3 is 2.61 bits per heavy atom. The Labute approximate surface area is 338 Å². The molecule has 0 fully saturated rings. The maximum Gasteiger partial charge on any atom is 0.135 e. The SMILES string of the molecule is [2H]C([2H])([2H])N1[C-]=C(c2[c-]c(Oc3[c-]c4c(cc3)c3ccccc3n4-c3cc(C(C)(C)C)ccn3)c3c(c2)-c2c(C)cc(C(C)C)cc2C(C)C3)N2C=CC=CC21.[Pt]. The second-order valence-corrected chi connectivity index (χ2v) is 16.0. The van der Waals surface area contributed by atoms with Crippen LogP contribution < -0.4 is 4.74 Å². The van der Waals surface area contributed by atoms with E-state index >= 15 is 0 Å². The Kier molecular flexibility index (Phi) is 8.12. The molecule has 54 heavy (non-hydrogen) atoms. The molecule has 4 heterocycles. The van der Waals surface area contributed by atoms with Crippen LogP contribution in [0.15, 0.2) is 97.4 Å². The van der Waals surface area contributed by atoms with Crippen LogP contribution in [-0.2, 0) is 32.9 Å². The van der Waals surface area contributed by atoms with E-state index in [-0.39, 0.29) is 32.4 Å². The normalized spacial score (nSPS) is 18.5. The van der Waals surface area contributed by atoms with Crippen LogP contribution in [0.4, 0.5) is 0 Å². The van der Waals surface area contributed by atoms with E-state index in [9.17, 15) is 0 Å². The maximum atomic E-state index is 8.33. The van der Waals surface area contributed by atoms with E-state index in [0.29, 0.717) is 28.7 Å². The third kappa shape index (κ3) is 5.92. The molecule has 5 nitrogen and oxygen atoms in total. The summed E-state index contributed by atoms with van der Waals surface area (Å²) in [5, 5.41) is 2.17. The fourth-order valence-electron chi connectivity index (χ4n) is 8.21. The van der Waals surface area contributed by atoms with Crippen molar-refractivity contribution >= 4 is 27.5 Å². The van der Waals surface area contributed by atoms with Gasteiger partial charge in [-0.25, -0.2) is 11.1 Å². The molecule has 9 rings (SSSR count). The quantitative estimate of drug-likeness (QED) is 0.162. The number of hydrogen-bond donors (Lipinski definition) is 0. The van der Waals surface area contributed by atoms with Gasteiger partial charge in [0.2, 0.25) is 0 Å². The minimum atomic E-state index is -2.39. The zero-order valence-corrected chi connectivity index (χ0v) is 34.0. The van der Waals surface area contributed by atoms with Gasteiger partial charge in [-0.2, -0.15) is 24.0 Å². The maximum absolute atomic E-state index is 8.33. The van der Waals surface area contributed by atoms with Crippen molar-refractivity contribution in [1.29, 1.82) is 0 Å². The van der Waals surface area contributed by atoms with Crippen molar-refractivity contribution in [3.63, 3.8) is 0 Å². The molecule has 2 aromatic heterocycles. The zero-order valence-electron chi connectivity index (χ0n) is 34.7. The molecule has 0 bridgehead atoms. The average Bonchev–Trinajstić information content (AvgIpc) is 3.71. The van der Waals surface area contributed by atoms with Gasteiger partial charge in [-0.1, -0.05) is 95.5 Å². The number of aryl methyl sites for hydroxylation is 1. The van der Waals surface area contributed by atoms with Crippen LogP contribution in [0.2, 0.25) is 0 Å². The van der Waals surface area contributed by atoms with E-state index in [1.807, 2.05) is 41.6 Å². The third-order valence-electron chi connectivity index (χ3n) is 11.0. The van der Waals surface area contributed by atoms with Crippen LogP contribution in [0, 0.1) is 25.3 Å². The largest absolute Gasteiger partial charge is 0.504 e. The van der Waals surface area contributed by atoms with Crippen LogP contribution >= 0.6 is 0 Å². The first-order chi connectivity index (χ1) is 26.7. The Bertz CT molecular complexity index is 2660. The van der Waals surface area contributed by atoms with Gasteiger partial charge in [0.1, 0.15) is 5.82 Å². The fourth-order valence-corrected chi connectivity index (χ4v) is 8.21. The number of hydrogen-bond acceptors (Lipinski definition) is 4. The summed E-state index contributed by atoms with van der Waals surface area (Å²) in [7, 11) is 0. The summed E-state index contributed by atoms with van der Waals surface area (Å²) in [5.74, 6) is 2.63. The number of para-hydroxylation sites is 1. The van der Waals surface area contributed by atoms with Crippen molar-refractivity contribution in [2.24, 2.45) is 0 Å². The number of likely N-dealkylation sites (N-methyl/N-ethyl adjacent to an activating group) is 1. The number of allylic oxidation sites excluding steroid dienone is 2. The van der Waals surface area contributed by atoms with Crippen molar-refractivity contribution in [3.8, 4) is 28.4 Å². The number of pyridine rings is 1. The Hall–Kier alpha value is -4.86. The number of nitrogens with zero attached hydrogens (tertiary/aromatic N) is 4. The Morgan fingerprint density at radius 2 is 1.81 bits per heavy atom. The van der Waals surface area contributed by atoms with Crippen molar-refractivity contribution in [2.75, 3.05) is 6.98 Å². The average molecular weight is 892 g/mol. The van der Waals surface area contributed by atoms with Gasteiger partial charge in [0, 0.05) is 48.4 Å². The number of rotatable bonds is 5. The fraction of sp³-hybridized carbons (Fsp3) is 0.271. The van der Waals surface area contributed by atoms with E-state index in [2.05, 4.69) is 132 Å². The van der Waals surface area contributed by atoms with Gasteiger partial charge in [0.15, 0.2) is 0 Å². The van der Waals surface area contributed by atoms with E-state index in [1.165, 1.54) is 32.7 Å². The monoisotopic (exact) mass is 891 g/mol. The van der Waals surface area contributed by atoms with Gasteiger partial charge in [-0.05, 0) is 101 Å². The molecule has 1 aliphatic carbocycles. The van der Waals surface area contributed by atoms with Crippen LogP contribution in [0.25, 0.3) is 44.4 Å². The molecule has 0 spiro atoms. The van der Waals surface area contributed by atoms with E-state index in [4.69, 9.17) is 13.8 Å². The summed E-state index contributed by atoms with van der Waals surface area (Å²) in [6.07, 6.45) is 13.0. The van der Waals surface area contributed by atoms with Gasteiger partial charge in [-0.15, -0.1) is 23.1 Å². The topological polar surface area (TPSA) is 33.5 Å². The van der Waals surface area contributed by atoms with Crippen LogP contribution in [0.3, 0.4) is 0 Å². The minimum Gasteiger partial charge on any atom is -0.504 e. The van der Waals surface area contributed by atoms with Gasteiger partial charge >= 0.3 is 0 Å². The first-order valence-corrected chi connectivity index (χ1v) is 18.6. The molecule has 3 aliphatic rings. The summed E-state index contributed by atoms with van der Waals surface area (Å²) < 4.78 is 34.1. The molecule has 276 valence electrons. The molecule has 0 radical (unpaired) electrons. The summed E-state index contributed by atoms with van der Waals surface area (Å²) >= 11 is 0. The molecule has 6 aromatic rings. The van der Waals surface area contributed by atoms with E-state index in [1.54, 1.807) is 0 Å². The molecule has 0 amide bonds. The first kappa shape index (κ1) is 32.6. The van der Waals surface area contributed by atoms with Crippen LogP contribution in [0.1, 0.15) is 90.9 Å². The predicted octanol–water partition coefficient (Wildman–Crippen LogP) is 11.4. The van der Waals surface area contributed by atoms with Crippen molar-refractivity contribution < 1.29 is 29.9 Å². The Balaban J connectivity index is 0.00000455. The molecular formula is C48H45N4OPt-3. The van der Waals surface area contributed by atoms with Gasteiger partial charge in [0.05, 0.1) is 6.17 Å². The molecule has 0 N–H and O–H groups in total.